The first-order chi connectivity index (χ1) is 14.2. The fraction of sp³-hybridized carbons (Fsp3) is 0.130. The molecule has 0 spiro atoms. The van der Waals surface area contributed by atoms with Crippen molar-refractivity contribution >= 4 is 16.9 Å². The fourth-order valence-electron chi connectivity index (χ4n) is 2.92. The SMILES string of the molecule is O=C(OCCCOc1ccc(F)cc1)c1cc(-c2ccco2)nc2ccccc12. The molecule has 0 fully saturated rings. The van der Waals surface area contributed by atoms with Gasteiger partial charge in [-0.1, -0.05) is 18.2 Å². The molecule has 0 unspecified atom stereocenters. The van der Waals surface area contributed by atoms with Gasteiger partial charge in [-0.05, 0) is 48.5 Å². The summed E-state index contributed by atoms with van der Waals surface area (Å²) in [4.78, 5) is 17.2. The van der Waals surface area contributed by atoms with Crippen LogP contribution < -0.4 is 4.74 Å². The second-order valence-corrected chi connectivity index (χ2v) is 6.34. The minimum absolute atomic E-state index is 0.201. The Kier molecular flexibility index (Phi) is 5.52. The van der Waals surface area contributed by atoms with Crippen LogP contribution in [0.4, 0.5) is 4.39 Å². The van der Waals surface area contributed by atoms with Gasteiger partial charge in [-0.3, -0.25) is 0 Å². The van der Waals surface area contributed by atoms with Gasteiger partial charge in [0.1, 0.15) is 17.3 Å². The highest BCUT2D eigenvalue weighted by molar-refractivity contribution is 6.04. The van der Waals surface area contributed by atoms with E-state index in [1.165, 1.54) is 12.1 Å². The number of para-hydroxylation sites is 1. The van der Waals surface area contributed by atoms with Gasteiger partial charge in [0.25, 0.3) is 0 Å². The van der Waals surface area contributed by atoms with Crippen molar-refractivity contribution < 1.29 is 23.1 Å². The molecule has 0 amide bonds. The van der Waals surface area contributed by atoms with Crippen molar-refractivity contribution in [3.05, 3.63) is 84.4 Å². The maximum atomic E-state index is 12.9. The molecule has 0 aliphatic carbocycles. The molecule has 0 aliphatic rings. The van der Waals surface area contributed by atoms with Gasteiger partial charge >= 0.3 is 5.97 Å². The number of hydrogen-bond donors (Lipinski definition) is 0. The molecule has 29 heavy (non-hydrogen) atoms. The standard InChI is InChI=1S/C23H18FNO4/c24-16-8-10-17(11-9-16)27-13-4-14-29-23(26)19-15-21(22-7-3-12-28-22)25-20-6-2-1-5-18(19)20/h1-3,5-12,15H,4,13-14H2. The van der Waals surface area contributed by atoms with Crippen molar-refractivity contribution in [1.82, 2.24) is 4.98 Å². The summed E-state index contributed by atoms with van der Waals surface area (Å²) in [5, 5.41) is 0.718. The molecule has 0 saturated carbocycles. The quantitative estimate of drug-likeness (QED) is 0.318. The van der Waals surface area contributed by atoms with Crippen LogP contribution >= 0.6 is 0 Å². The molecule has 0 N–H and O–H groups in total. The molecule has 0 atom stereocenters. The highest BCUT2D eigenvalue weighted by Gasteiger charge is 2.16. The Hall–Kier alpha value is -3.67. The summed E-state index contributed by atoms with van der Waals surface area (Å²) in [7, 11) is 0. The van der Waals surface area contributed by atoms with Crippen LogP contribution in [0.1, 0.15) is 16.8 Å². The van der Waals surface area contributed by atoms with Crippen LogP contribution in [-0.4, -0.2) is 24.2 Å². The average Bonchev–Trinajstić information content (AvgIpc) is 3.29. The first kappa shape index (κ1) is 18.7. The molecule has 4 aromatic rings. The number of carbonyl (C=O) groups excluding carboxylic acids is 1. The van der Waals surface area contributed by atoms with Crippen LogP contribution in [0.3, 0.4) is 0 Å². The summed E-state index contributed by atoms with van der Waals surface area (Å²) < 4.78 is 29.2. The number of esters is 1. The van der Waals surface area contributed by atoms with E-state index in [0.29, 0.717) is 41.3 Å². The van der Waals surface area contributed by atoms with Gasteiger partial charge in [0.2, 0.25) is 0 Å². The molecular formula is C23H18FNO4. The zero-order chi connectivity index (χ0) is 20.1. The molecule has 146 valence electrons. The van der Waals surface area contributed by atoms with E-state index >= 15 is 0 Å². The Morgan fingerprint density at radius 3 is 2.62 bits per heavy atom. The number of rotatable bonds is 7. The normalized spacial score (nSPS) is 10.8. The predicted molar refractivity (Wildman–Crippen MR) is 106 cm³/mol. The second-order valence-electron chi connectivity index (χ2n) is 6.34. The van der Waals surface area contributed by atoms with Crippen LogP contribution in [0.2, 0.25) is 0 Å². The average molecular weight is 391 g/mol. The van der Waals surface area contributed by atoms with E-state index in [9.17, 15) is 9.18 Å². The molecule has 0 bridgehead atoms. The monoisotopic (exact) mass is 391 g/mol. The number of furan rings is 1. The van der Waals surface area contributed by atoms with Gasteiger partial charge in [-0.2, -0.15) is 0 Å². The van der Waals surface area contributed by atoms with Gasteiger partial charge in [-0.15, -0.1) is 0 Å². The molecule has 0 saturated heterocycles. The summed E-state index contributed by atoms with van der Waals surface area (Å²) in [5.41, 5.74) is 1.69. The Bertz CT molecular complexity index is 1110. The van der Waals surface area contributed by atoms with Gasteiger partial charge in [-0.25, -0.2) is 14.2 Å². The van der Waals surface area contributed by atoms with E-state index in [0.717, 1.165) is 5.39 Å². The summed E-state index contributed by atoms with van der Waals surface area (Å²) in [6.07, 6.45) is 2.07. The lowest BCUT2D eigenvalue weighted by molar-refractivity contribution is 0.0488. The lowest BCUT2D eigenvalue weighted by Crippen LogP contribution is -2.10. The molecule has 2 heterocycles. The number of benzene rings is 2. The van der Waals surface area contributed by atoms with Gasteiger partial charge < -0.3 is 13.9 Å². The Labute approximate surface area is 166 Å². The Morgan fingerprint density at radius 2 is 1.83 bits per heavy atom. The van der Waals surface area contributed by atoms with Crippen molar-refractivity contribution in [2.24, 2.45) is 0 Å². The van der Waals surface area contributed by atoms with Crippen molar-refractivity contribution in [2.75, 3.05) is 13.2 Å². The first-order valence-corrected chi connectivity index (χ1v) is 9.20. The lowest BCUT2D eigenvalue weighted by Gasteiger charge is -2.10. The highest BCUT2D eigenvalue weighted by Crippen LogP contribution is 2.25. The molecule has 5 nitrogen and oxygen atoms in total. The van der Waals surface area contributed by atoms with Crippen LogP contribution in [-0.2, 0) is 4.74 Å². The fourth-order valence-corrected chi connectivity index (χ4v) is 2.92. The number of nitrogens with zero attached hydrogens (tertiary/aromatic N) is 1. The molecule has 0 radical (unpaired) electrons. The molecule has 0 aliphatic heterocycles. The van der Waals surface area contributed by atoms with Crippen molar-refractivity contribution in [1.29, 1.82) is 0 Å². The number of carbonyl (C=O) groups is 1. The second kappa shape index (κ2) is 8.56. The largest absolute Gasteiger partial charge is 0.493 e. The van der Waals surface area contributed by atoms with E-state index in [-0.39, 0.29) is 12.4 Å². The molecule has 4 rings (SSSR count). The van der Waals surface area contributed by atoms with E-state index in [2.05, 4.69) is 4.98 Å². The minimum atomic E-state index is -0.432. The van der Waals surface area contributed by atoms with E-state index < -0.39 is 5.97 Å². The van der Waals surface area contributed by atoms with Crippen molar-refractivity contribution in [2.45, 2.75) is 6.42 Å². The summed E-state index contributed by atoms with van der Waals surface area (Å²) in [6, 6.07) is 18.4. The van der Waals surface area contributed by atoms with Crippen LogP contribution in [0, 0.1) is 5.82 Å². The molecular weight excluding hydrogens is 373 g/mol. The highest BCUT2D eigenvalue weighted by atomic mass is 19.1. The lowest BCUT2D eigenvalue weighted by atomic mass is 10.1. The maximum Gasteiger partial charge on any atom is 0.338 e. The van der Waals surface area contributed by atoms with E-state index in [1.807, 2.05) is 24.3 Å². The number of aromatic nitrogens is 1. The summed E-state index contributed by atoms with van der Waals surface area (Å²) >= 11 is 0. The third-order valence-corrected chi connectivity index (χ3v) is 4.31. The molecule has 6 heteroatoms. The summed E-state index contributed by atoms with van der Waals surface area (Å²) in [6.45, 7) is 0.556. The Balaban J connectivity index is 1.42. The summed E-state index contributed by atoms with van der Waals surface area (Å²) in [5.74, 6) is 0.404. The predicted octanol–water partition coefficient (Wildman–Crippen LogP) is 5.26. The van der Waals surface area contributed by atoms with Gasteiger partial charge in [0, 0.05) is 11.8 Å². The van der Waals surface area contributed by atoms with E-state index in [4.69, 9.17) is 13.9 Å². The van der Waals surface area contributed by atoms with Crippen LogP contribution in [0.5, 0.6) is 5.75 Å². The van der Waals surface area contributed by atoms with Crippen molar-refractivity contribution in [3.8, 4) is 17.2 Å². The zero-order valence-corrected chi connectivity index (χ0v) is 15.5. The van der Waals surface area contributed by atoms with Gasteiger partial charge in [0.05, 0.1) is 30.6 Å². The van der Waals surface area contributed by atoms with Crippen LogP contribution in [0.25, 0.3) is 22.4 Å². The number of ether oxygens (including phenoxy) is 2. The number of pyridine rings is 1. The smallest absolute Gasteiger partial charge is 0.338 e. The zero-order valence-electron chi connectivity index (χ0n) is 15.5. The molecule has 2 aromatic heterocycles. The van der Waals surface area contributed by atoms with Crippen molar-refractivity contribution in [3.63, 3.8) is 0 Å². The maximum absolute atomic E-state index is 12.9. The van der Waals surface area contributed by atoms with E-state index in [1.54, 1.807) is 36.6 Å². The number of hydrogen-bond acceptors (Lipinski definition) is 5. The number of fused-ring (bicyclic) bond motifs is 1. The molecule has 2 aromatic carbocycles. The number of halogens is 1. The van der Waals surface area contributed by atoms with Gasteiger partial charge in [0.15, 0.2) is 5.76 Å². The van der Waals surface area contributed by atoms with Crippen LogP contribution in [0.15, 0.2) is 77.4 Å². The minimum Gasteiger partial charge on any atom is -0.493 e. The topological polar surface area (TPSA) is 61.6 Å². The first-order valence-electron chi connectivity index (χ1n) is 9.20. The third kappa shape index (κ3) is 4.43. The third-order valence-electron chi connectivity index (χ3n) is 4.31. The Morgan fingerprint density at radius 1 is 1.00 bits per heavy atom.